The van der Waals surface area contributed by atoms with Crippen molar-refractivity contribution in [1.29, 1.82) is 0 Å². The van der Waals surface area contributed by atoms with Gasteiger partial charge in [-0.05, 0) is 81.0 Å². The number of epoxide rings is 2. The molecule has 0 radical (unpaired) electrons. The molecule has 2 aliphatic carbocycles. The molecule has 0 amide bonds. The first-order chi connectivity index (χ1) is 14.1. The first-order valence-electron chi connectivity index (χ1n) is 11.4. The summed E-state index contributed by atoms with van der Waals surface area (Å²) >= 11 is 0. The second-order valence-electron chi connectivity index (χ2n) is 11.3. The van der Waals surface area contributed by atoms with Crippen LogP contribution in [-0.4, -0.2) is 42.1 Å². The van der Waals surface area contributed by atoms with Crippen molar-refractivity contribution in [2.45, 2.75) is 89.8 Å². The number of fused-ring (bicyclic) bond motifs is 2. The Morgan fingerprint density at radius 2 is 1.80 bits per heavy atom. The molecular formula is C25H34O5. The van der Waals surface area contributed by atoms with Gasteiger partial charge in [-0.3, -0.25) is 0 Å². The molecule has 4 aliphatic rings. The van der Waals surface area contributed by atoms with E-state index in [2.05, 4.69) is 34.6 Å². The highest BCUT2D eigenvalue weighted by Crippen LogP contribution is 2.55. The van der Waals surface area contributed by atoms with Gasteiger partial charge in [0.2, 0.25) is 0 Å². The second kappa shape index (κ2) is 6.70. The zero-order valence-electron chi connectivity index (χ0n) is 18.8. The smallest absolute Gasteiger partial charge is 0.338 e. The number of rotatable bonds is 5. The van der Waals surface area contributed by atoms with E-state index in [0.717, 1.165) is 31.4 Å². The minimum absolute atomic E-state index is 0.0341. The lowest BCUT2D eigenvalue weighted by Gasteiger charge is -2.35. The molecule has 2 saturated heterocycles. The predicted octanol–water partition coefficient (Wildman–Crippen LogP) is 4.77. The van der Waals surface area contributed by atoms with E-state index in [1.807, 2.05) is 12.1 Å². The van der Waals surface area contributed by atoms with Crippen LogP contribution in [0, 0.1) is 17.3 Å². The van der Waals surface area contributed by atoms with E-state index in [1.54, 1.807) is 12.1 Å². The normalized spacial score (nSPS) is 43.2. The molecular weight excluding hydrogens is 380 g/mol. The maximum absolute atomic E-state index is 12.7. The van der Waals surface area contributed by atoms with E-state index in [1.165, 1.54) is 0 Å². The fourth-order valence-electron chi connectivity index (χ4n) is 6.05. The van der Waals surface area contributed by atoms with Gasteiger partial charge in [-0.1, -0.05) is 20.8 Å². The average Bonchev–Trinajstić information content (AvgIpc) is 3.52. The van der Waals surface area contributed by atoms with Gasteiger partial charge in [-0.2, -0.15) is 0 Å². The number of ether oxygens (including phenoxy) is 4. The number of hydrogen-bond donors (Lipinski definition) is 0. The molecule has 5 heteroatoms. The molecule has 0 aromatic heterocycles. The Morgan fingerprint density at radius 1 is 1.07 bits per heavy atom. The zero-order valence-corrected chi connectivity index (χ0v) is 18.8. The quantitative estimate of drug-likeness (QED) is 0.513. The monoisotopic (exact) mass is 414 g/mol. The Hall–Kier alpha value is -1.59. The summed E-state index contributed by atoms with van der Waals surface area (Å²) in [5.41, 5.74) is 0.656. The van der Waals surface area contributed by atoms with Crippen molar-refractivity contribution in [3.63, 3.8) is 0 Å². The van der Waals surface area contributed by atoms with Crippen molar-refractivity contribution in [2.75, 3.05) is 6.61 Å². The topological polar surface area (TPSA) is 60.6 Å². The minimum Gasteiger partial charge on any atom is -0.493 e. The van der Waals surface area contributed by atoms with E-state index in [0.29, 0.717) is 30.1 Å². The van der Waals surface area contributed by atoms with E-state index >= 15 is 0 Å². The average molecular weight is 415 g/mol. The van der Waals surface area contributed by atoms with Gasteiger partial charge in [0.05, 0.1) is 29.5 Å². The van der Waals surface area contributed by atoms with Crippen LogP contribution in [0.3, 0.4) is 0 Å². The highest BCUT2D eigenvalue weighted by Gasteiger charge is 2.63. The molecule has 0 N–H and O–H groups in total. The van der Waals surface area contributed by atoms with Crippen LogP contribution >= 0.6 is 0 Å². The molecule has 2 aliphatic heterocycles. The predicted molar refractivity (Wildman–Crippen MR) is 113 cm³/mol. The summed E-state index contributed by atoms with van der Waals surface area (Å²) in [6.07, 6.45) is 4.29. The maximum atomic E-state index is 12.7. The first-order valence-corrected chi connectivity index (χ1v) is 11.4. The lowest BCUT2D eigenvalue weighted by molar-refractivity contribution is 0.00497. The molecule has 164 valence electrons. The first kappa shape index (κ1) is 20.3. The van der Waals surface area contributed by atoms with Gasteiger partial charge in [0.25, 0.3) is 0 Å². The number of hydrogen-bond acceptors (Lipinski definition) is 5. The van der Waals surface area contributed by atoms with Crippen LogP contribution < -0.4 is 4.74 Å². The summed E-state index contributed by atoms with van der Waals surface area (Å²) < 4.78 is 23.6. The number of carbonyl (C=O) groups is 1. The number of carbonyl (C=O) groups excluding carboxylic acids is 1. The van der Waals surface area contributed by atoms with Crippen LogP contribution in [0.1, 0.15) is 70.7 Å². The molecule has 30 heavy (non-hydrogen) atoms. The SMILES string of the molecule is CC1CC2(C)OC2CC1COc1ccc(C(=O)OC2CC(C)(C)CC3(C)OC23)cc1. The van der Waals surface area contributed by atoms with Crippen molar-refractivity contribution in [3.8, 4) is 5.75 Å². The Balaban J connectivity index is 1.15. The summed E-state index contributed by atoms with van der Waals surface area (Å²) in [4.78, 5) is 12.7. The molecule has 4 fully saturated rings. The van der Waals surface area contributed by atoms with E-state index in [-0.39, 0.29) is 34.8 Å². The largest absolute Gasteiger partial charge is 0.493 e. The minimum atomic E-state index is -0.284. The molecule has 0 bridgehead atoms. The van der Waals surface area contributed by atoms with Crippen molar-refractivity contribution >= 4 is 5.97 Å². The van der Waals surface area contributed by atoms with Crippen LogP contribution in [0.2, 0.25) is 0 Å². The lowest BCUT2D eigenvalue weighted by atomic mass is 9.71. The third-order valence-corrected chi connectivity index (χ3v) is 7.76. The molecule has 0 spiro atoms. The van der Waals surface area contributed by atoms with Gasteiger partial charge in [0.15, 0.2) is 0 Å². The van der Waals surface area contributed by atoms with Gasteiger partial charge in [0, 0.05) is 0 Å². The number of esters is 1. The fraction of sp³-hybridized carbons (Fsp3) is 0.720. The van der Waals surface area contributed by atoms with Gasteiger partial charge < -0.3 is 18.9 Å². The summed E-state index contributed by atoms with van der Waals surface area (Å²) in [5.74, 6) is 1.62. The van der Waals surface area contributed by atoms with E-state index < -0.39 is 0 Å². The second-order valence-corrected chi connectivity index (χ2v) is 11.3. The van der Waals surface area contributed by atoms with Crippen LogP contribution in [0.25, 0.3) is 0 Å². The molecule has 5 nitrogen and oxygen atoms in total. The van der Waals surface area contributed by atoms with Crippen molar-refractivity contribution in [1.82, 2.24) is 0 Å². The Kier molecular flexibility index (Phi) is 4.54. The summed E-state index contributed by atoms with van der Waals surface area (Å²) in [7, 11) is 0. The van der Waals surface area contributed by atoms with Crippen molar-refractivity contribution < 1.29 is 23.7 Å². The maximum Gasteiger partial charge on any atom is 0.338 e. The van der Waals surface area contributed by atoms with Gasteiger partial charge in [-0.25, -0.2) is 4.79 Å². The van der Waals surface area contributed by atoms with Gasteiger partial charge >= 0.3 is 5.97 Å². The molecule has 7 unspecified atom stereocenters. The van der Waals surface area contributed by atoms with Crippen LogP contribution in [0.15, 0.2) is 24.3 Å². The van der Waals surface area contributed by atoms with Crippen molar-refractivity contribution in [2.24, 2.45) is 17.3 Å². The van der Waals surface area contributed by atoms with Crippen LogP contribution in [0.4, 0.5) is 0 Å². The highest BCUT2D eigenvalue weighted by atomic mass is 16.6. The van der Waals surface area contributed by atoms with Crippen LogP contribution in [-0.2, 0) is 14.2 Å². The van der Waals surface area contributed by atoms with Crippen LogP contribution in [0.5, 0.6) is 5.75 Å². The molecule has 1 aromatic carbocycles. The summed E-state index contributed by atoms with van der Waals surface area (Å²) in [5, 5.41) is 0. The molecule has 2 saturated carbocycles. The Labute approximate surface area is 179 Å². The standard InChI is InChI=1S/C25H34O5/c1-15-11-24(4)20(29-24)10-17(15)13-27-18-8-6-16(7-9-18)22(26)28-19-12-23(2,3)14-25(5)21(19)30-25/h6-9,15,17,19-21H,10-14H2,1-5H3. The van der Waals surface area contributed by atoms with Crippen molar-refractivity contribution in [3.05, 3.63) is 29.8 Å². The van der Waals surface area contributed by atoms with Gasteiger partial charge in [-0.15, -0.1) is 0 Å². The third-order valence-electron chi connectivity index (χ3n) is 7.76. The molecule has 1 aromatic rings. The highest BCUT2D eigenvalue weighted by molar-refractivity contribution is 5.89. The lowest BCUT2D eigenvalue weighted by Crippen LogP contribution is -2.40. The summed E-state index contributed by atoms with van der Waals surface area (Å²) in [6.45, 7) is 11.7. The Bertz CT molecular complexity index is 830. The zero-order chi connectivity index (χ0) is 21.3. The number of benzene rings is 1. The van der Waals surface area contributed by atoms with E-state index in [9.17, 15) is 4.79 Å². The van der Waals surface area contributed by atoms with Gasteiger partial charge in [0.1, 0.15) is 18.0 Å². The molecule has 5 rings (SSSR count). The summed E-state index contributed by atoms with van der Waals surface area (Å²) in [6, 6.07) is 7.32. The molecule has 7 atom stereocenters. The third kappa shape index (κ3) is 3.75. The fourth-order valence-corrected chi connectivity index (χ4v) is 6.05. The molecule has 2 heterocycles. The van der Waals surface area contributed by atoms with E-state index in [4.69, 9.17) is 18.9 Å². The Morgan fingerprint density at radius 3 is 2.53 bits per heavy atom.